The van der Waals surface area contributed by atoms with Crippen LogP contribution in [0.15, 0.2) is 18.3 Å². The number of rotatable bonds is 4. The van der Waals surface area contributed by atoms with Gasteiger partial charge in [-0.15, -0.1) is 0 Å². The Bertz CT molecular complexity index is 337. The largest absolute Gasteiger partial charge is 0.383 e. The fourth-order valence-corrected chi connectivity index (χ4v) is 1.99. The molecule has 0 aliphatic heterocycles. The van der Waals surface area contributed by atoms with Crippen LogP contribution in [0.3, 0.4) is 0 Å². The Morgan fingerprint density at radius 1 is 1.60 bits per heavy atom. The molecule has 1 aromatic heterocycles. The predicted molar refractivity (Wildman–Crippen MR) is 62.3 cm³/mol. The third-order valence-electron chi connectivity index (χ3n) is 3.19. The lowest BCUT2D eigenvalue weighted by Gasteiger charge is -2.17. The zero-order valence-corrected chi connectivity index (χ0v) is 9.48. The zero-order chi connectivity index (χ0) is 10.8. The second kappa shape index (κ2) is 4.19. The van der Waals surface area contributed by atoms with Crippen LogP contribution in [0.4, 0.5) is 5.82 Å². The minimum absolute atomic E-state index is 0.660. The van der Waals surface area contributed by atoms with Crippen LogP contribution in [-0.4, -0.2) is 23.5 Å². The molecular weight excluding hydrogens is 186 g/mol. The van der Waals surface area contributed by atoms with Crippen molar-refractivity contribution >= 4 is 5.82 Å². The highest BCUT2D eigenvalue weighted by molar-refractivity contribution is 5.38. The van der Waals surface area contributed by atoms with Crippen molar-refractivity contribution < 1.29 is 0 Å². The van der Waals surface area contributed by atoms with Gasteiger partial charge in [-0.1, -0.05) is 13.0 Å². The summed E-state index contributed by atoms with van der Waals surface area (Å²) >= 11 is 0. The molecule has 0 aromatic carbocycles. The lowest BCUT2D eigenvalue weighted by Crippen LogP contribution is -2.21. The van der Waals surface area contributed by atoms with Crippen LogP contribution in [-0.2, 0) is 6.54 Å². The zero-order valence-electron chi connectivity index (χ0n) is 9.48. The fourth-order valence-electron chi connectivity index (χ4n) is 1.99. The molecule has 0 saturated heterocycles. The van der Waals surface area contributed by atoms with Gasteiger partial charge in [-0.3, -0.25) is 0 Å². The van der Waals surface area contributed by atoms with E-state index in [4.69, 9.17) is 5.73 Å². The van der Waals surface area contributed by atoms with E-state index < -0.39 is 0 Å². The molecule has 1 aliphatic carbocycles. The number of hydrogen-bond donors (Lipinski definition) is 1. The van der Waals surface area contributed by atoms with Gasteiger partial charge in [0.15, 0.2) is 0 Å². The number of pyridine rings is 1. The number of aromatic nitrogens is 1. The van der Waals surface area contributed by atoms with Crippen molar-refractivity contribution in [2.24, 2.45) is 11.8 Å². The molecule has 0 amide bonds. The molecule has 82 valence electrons. The molecule has 1 fully saturated rings. The lowest BCUT2D eigenvalue weighted by atomic mass is 10.2. The van der Waals surface area contributed by atoms with E-state index in [-0.39, 0.29) is 0 Å². The van der Waals surface area contributed by atoms with Gasteiger partial charge in [-0.05, 0) is 31.4 Å². The van der Waals surface area contributed by atoms with Gasteiger partial charge < -0.3 is 10.6 Å². The molecule has 0 bridgehead atoms. The summed E-state index contributed by atoms with van der Waals surface area (Å²) in [7, 11) is 2.15. The fraction of sp³-hybridized carbons (Fsp3) is 0.583. The first kappa shape index (κ1) is 10.4. The maximum absolute atomic E-state index is 5.80. The van der Waals surface area contributed by atoms with E-state index in [2.05, 4.69) is 29.9 Å². The van der Waals surface area contributed by atoms with E-state index >= 15 is 0 Å². The molecule has 2 rings (SSSR count). The monoisotopic (exact) mass is 205 g/mol. The summed E-state index contributed by atoms with van der Waals surface area (Å²) in [6, 6.07) is 3.99. The molecule has 1 aromatic rings. The summed E-state index contributed by atoms with van der Waals surface area (Å²) in [5.41, 5.74) is 6.94. The van der Waals surface area contributed by atoms with E-state index in [1.165, 1.54) is 13.0 Å². The Hall–Kier alpha value is -1.09. The summed E-state index contributed by atoms with van der Waals surface area (Å²) in [5.74, 6) is 2.47. The van der Waals surface area contributed by atoms with Crippen molar-refractivity contribution in [3.63, 3.8) is 0 Å². The highest BCUT2D eigenvalue weighted by Crippen LogP contribution is 2.38. The van der Waals surface area contributed by atoms with E-state index in [1.807, 2.05) is 6.07 Å². The first-order valence-corrected chi connectivity index (χ1v) is 5.54. The third-order valence-corrected chi connectivity index (χ3v) is 3.19. The number of nitrogens with zero attached hydrogens (tertiary/aromatic N) is 2. The SMILES string of the molecule is CC1CC1CN(C)Cc1cccnc1N. The van der Waals surface area contributed by atoms with Gasteiger partial charge in [0.05, 0.1) is 0 Å². The highest BCUT2D eigenvalue weighted by Gasteiger charge is 2.33. The molecule has 1 heterocycles. The van der Waals surface area contributed by atoms with Crippen LogP contribution in [0.25, 0.3) is 0 Å². The van der Waals surface area contributed by atoms with Crippen molar-refractivity contribution in [1.29, 1.82) is 0 Å². The minimum atomic E-state index is 0.660. The van der Waals surface area contributed by atoms with Crippen molar-refractivity contribution in [2.75, 3.05) is 19.3 Å². The summed E-state index contributed by atoms with van der Waals surface area (Å²) in [5, 5.41) is 0. The molecule has 0 spiro atoms. The molecule has 2 unspecified atom stereocenters. The molecule has 1 aliphatic rings. The highest BCUT2D eigenvalue weighted by atomic mass is 15.1. The minimum Gasteiger partial charge on any atom is -0.383 e. The standard InChI is InChI=1S/C12H19N3/c1-9-6-11(9)8-15(2)7-10-4-3-5-14-12(10)13/h3-5,9,11H,6-8H2,1-2H3,(H2,13,14). The average molecular weight is 205 g/mol. The van der Waals surface area contributed by atoms with Crippen molar-refractivity contribution in [1.82, 2.24) is 9.88 Å². The quantitative estimate of drug-likeness (QED) is 0.814. The summed E-state index contributed by atoms with van der Waals surface area (Å²) in [4.78, 5) is 6.43. The van der Waals surface area contributed by atoms with Crippen LogP contribution < -0.4 is 5.73 Å². The number of nitrogen functional groups attached to an aromatic ring is 1. The van der Waals surface area contributed by atoms with Gasteiger partial charge in [-0.2, -0.15) is 0 Å². The van der Waals surface area contributed by atoms with E-state index in [1.54, 1.807) is 6.20 Å². The Morgan fingerprint density at radius 2 is 2.33 bits per heavy atom. The Labute approximate surface area is 91.3 Å². The van der Waals surface area contributed by atoms with Crippen LogP contribution in [0.1, 0.15) is 18.9 Å². The van der Waals surface area contributed by atoms with Gasteiger partial charge in [0.25, 0.3) is 0 Å². The molecule has 3 nitrogen and oxygen atoms in total. The van der Waals surface area contributed by atoms with Crippen LogP contribution >= 0.6 is 0 Å². The summed E-state index contributed by atoms with van der Waals surface area (Å²) < 4.78 is 0. The van der Waals surface area contributed by atoms with E-state index in [0.717, 1.165) is 23.9 Å². The van der Waals surface area contributed by atoms with Gasteiger partial charge in [0.2, 0.25) is 0 Å². The van der Waals surface area contributed by atoms with Gasteiger partial charge in [0, 0.05) is 24.8 Å². The normalized spacial score (nSPS) is 24.5. The van der Waals surface area contributed by atoms with Gasteiger partial charge >= 0.3 is 0 Å². The maximum atomic E-state index is 5.80. The van der Waals surface area contributed by atoms with E-state index in [0.29, 0.717) is 5.82 Å². The first-order chi connectivity index (χ1) is 7.16. The third kappa shape index (κ3) is 2.69. The maximum Gasteiger partial charge on any atom is 0.127 e. The average Bonchev–Trinajstić information content (AvgIpc) is 2.86. The van der Waals surface area contributed by atoms with Crippen molar-refractivity contribution in [3.8, 4) is 0 Å². The molecule has 0 radical (unpaired) electrons. The first-order valence-electron chi connectivity index (χ1n) is 5.54. The molecule has 2 N–H and O–H groups in total. The lowest BCUT2D eigenvalue weighted by molar-refractivity contribution is 0.308. The number of anilines is 1. The van der Waals surface area contributed by atoms with Crippen LogP contribution in [0.2, 0.25) is 0 Å². The van der Waals surface area contributed by atoms with Crippen molar-refractivity contribution in [2.45, 2.75) is 19.9 Å². The Balaban J connectivity index is 1.88. The topological polar surface area (TPSA) is 42.2 Å². The Kier molecular flexibility index (Phi) is 2.91. The Morgan fingerprint density at radius 3 is 2.93 bits per heavy atom. The molecule has 2 atom stereocenters. The van der Waals surface area contributed by atoms with E-state index in [9.17, 15) is 0 Å². The van der Waals surface area contributed by atoms with Gasteiger partial charge in [-0.25, -0.2) is 4.98 Å². The smallest absolute Gasteiger partial charge is 0.127 e. The van der Waals surface area contributed by atoms with Crippen LogP contribution in [0, 0.1) is 11.8 Å². The molecule has 15 heavy (non-hydrogen) atoms. The second-order valence-electron chi connectivity index (χ2n) is 4.72. The molecule has 3 heteroatoms. The number of hydrogen-bond acceptors (Lipinski definition) is 3. The summed E-state index contributed by atoms with van der Waals surface area (Å²) in [6.45, 7) is 4.40. The van der Waals surface area contributed by atoms with Gasteiger partial charge in [0.1, 0.15) is 5.82 Å². The molecular formula is C12H19N3. The summed E-state index contributed by atoms with van der Waals surface area (Å²) in [6.07, 6.45) is 3.12. The van der Waals surface area contributed by atoms with Crippen LogP contribution in [0.5, 0.6) is 0 Å². The second-order valence-corrected chi connectivity index (χ2v) is 4.72. The van der Waals surface area contributed by atoms with Crippen molar-refractivity contribution in [3.05, 3.63) is 23.9 Å². The molecule has 1 saturated carbocycles. The predicted octanol–water partition coefficient (Wildman–Crippen LogP) is 1.75. The number of nitrogens with two attached hydrogens (primary N) is 1.